The summed E-state index contributed by atoms with van der Waals surface area (Å²) in [7, 11) is 0. The van der Waals surface area contributed by atoms with E-state index in [-0.39, 0.29) is 10.8 Å². The molecule has 27 heavy (non-hydrogen) atoms. The zero-order valence-electron chi connectivity index (χ0n) is 14.6. The van der Waals surface area contributed by atoms with E-state index in [9.17, 15) is 18.0 Å². The van der Waals surface area contributed by atoms with E-state index in [1.54, 1.807) is 24.3 Å². The highest BCUT2D eigenvalue weighted by Gasteiger charge is 2.33. The first-order chi connectivity index (χ1) is 12.8. The van der Waals surface area contributed by atoms with Gasteiger partial charge in [-0.1, -0.05) is 25.5 Å². The molecule has 8 heteroatoms. The molecular formula is C19H19F3N2O2S. The first kappa shape index (κ1) is 20.7. The van der Waals surface area contributed by atoms with E-state index in [1.165, 1.54) is 18.2 Å². The van der Waals surface area contributed by atoms with Crippen LogP contribution in [0.1, 0.15) is 35.7 Å². The van der Waals surface area contributed by atoms with Crippen LogP contribution in [0.5, 0.6) is 5.75 Å². The van der Waals surface area contributed by atoms with Crippen LogP contribution in [-0.4, -0.2) is 17.6 Å². The van der Waals surface area contributed by atoms with Crippen molar-refractivity contribution >= 4 is 28.9 Å². The molecule has 0 aliphatic heterocycles. The number of alkyl halides is 3. The number of halogens is 3. The predicted molar refractivity (Wildman–Crippen MR) is 102 cm³/mol. The maximum atomic E-state index is 13.0. The van der Waals surface area contributed by atoms with Gasteiger partial charge in [-0.15, -0.1) is 0 Å². The van der Waals surface area contributed by atoms with E-state index in [1.807, 2.05) is 0 Å². The molecule has 2 aromatic carbocycles. The van der Waals surface area contributed by atoms with Crippen molar-refractivity contribution in [2.75, 3.05) is 11.9 Å². The summed E-state index contributed by atoms with van der Waals surface area (Å²) in [5.74, 6) is 0.108. The number of ether oxygens (including phenoxy) is 1. The normalized spacial score (nSPS) is 11.0. The molecule has 0 saturated carbocycles. The molecule has 2 rings (SSSR count). The Morgan fingerprint density at radius 3 is 2.41 bits per heavy atom. The molecule has 0 aromatic heterocycles. The molecule has 2 aromatic rings. The second kappa shape index (κ2) is 9.36. The maximum absolute atomic E-state index is 13.0. The van der Waals surface area contributed by atoms with Gasteiger partial charge in [0.1, 0.15) is 5.75 Å². The molecule has 1 amide bonds. The molecule has 0 atom stereocenters. The van der Waals surface area contributed by atoms with Crippen molar-refractivity contribution in [2.24, 2.45) is 0 Å². The molecule has 2 N–H and O–H groups in total. The highest BCUT2D eigenvalue weighted by Crippen LogP contribution is 2.34. The van der Waals surface area contributed by atoms with E-state index in [0.29, 0.717) is 17.9 Å². The van der Waals surface area contributed by atoms with E-state index >= 15 is 0 Å². The number of carbonyl (C=O) groups is 1. The third-order valence-electron chi connectivity index (χ3n) is 3.59. The monoisotopic (exact) mass is 396 g/mol. The van der Waals surface area contributed by atoms with Gasteiger partial charge in [0, 0.05) is 5.56 Å². The SMILES string of the molecule is CCCCOc1ccc(C(=O)NC(=S)Nc2ccccc2C(F)(F)F)cc1. The van der Waals surface area contributed by atoms with Crippen molar-refractivity contribution in [1.29, 1.82) is 0 Å². The lowest BCUT2D eigenvalue weighted by Gasteiger charge is -2.15. The number of carbonyl (C=O) groups excluding carboxylic acids is 1. The minimum absolute atomic E-state index is 0.222. The van der Waals surface area contributed by atoms with Gasteiger partial charge in [0.25, 0.3) is 5.91 Å². The van der Waals surface area contributed by atoms with E-state index in [4.69, 9.17) is 17.0 Å². The van der Waals surface area contributed by atoms with Gasteiger partial charge in [-0.05, 0) is 55.0 Å². The lowest BCUT2D eigenvalue weighted by molar-refractivity contribution is -0.136. The lowest BCUT2D eigenvalue weighted by Crippen LogP contribution is -2.34. The molecule has 0 bridgehead atoms. The van der Waals surface area contributed by atoms with Crippen LogP contribution in [-0.2, 0) is 6.18 Å². The van der Waals surface area contributed by atoms with Crippen LogP contribution in [0.3, 0.4) is 0 Å². The number of unbranched alkanes of at least 4 members (excludes halogenated alkanes) is 1. The number of benzene rings is 2. The Bertz CT molecular complexity index is 792. The standard InChI is InChI=1S/C19H19F3N2O2S/c1-2-3-12-26-14-10-8-13(9-11-14)17(25)24-18(27)23-16-7-5-4-6-15(16)19(20,21)22/h4-11H,2-3,12H2,1H3,(H2,23,24,25,27). The minimum atomic E-state index is -4.53. The van der Waals surface area contributed by atoms with Crippen LogP contribution >= 0.6 is 12.2 Å². The Morgan fingerprint density at radius 1 is 1.11 bits per heavy atom. The van der Waals surface area contributed by atoms with Crippen molar-refractivity contribution in [3.63, 3.8) is 0 Å². The van der Waals surface area contributed by atoms with Crippen LogP contribution < -0.4 is 15.4 Å². The third-order valence-corrected chi connectivity index (χ3v) is 3.79. The van der Waals surface area contributed by atoms with E-state index in [0.717, 1.165) is 18.9 Å². The van der Waals surface area contributed by atoms with Gasteiger partial charge in [0.05, 0.1) is 17.9 Å². The topological polar surface area (TPSA) is 50.4 Å². The molecule has 0 saturated heterocycles. The minimum Gasteiger partial charge on any atom is -0.494 e. The fourth-order valence-corrected chi connectivity index (χ4v) is 2.41. The zero-order valence-corrected chi connectivity index (χ0v) is 15.4. The summed E-state index contributed by atoms with van der Waals surface area (Å²) < 4.78 is 44.5. The van der Waals surface area contributed by atoms with Crippen LogP contribution in [0, 0.1) is 0 Å². The summed E-state index contributed by atoms with van der Waals surface area (Å²) in [5, 5.41) is 4.56. The Hall–Kier alpha value is -2.61. The number of thiocarbonyl (C=S) groups is 1. The molecule has 0 unspecified atom stereocenters. The second-order valence-electron chi connectivity index (χ2n) is 5.68. The quantitative estimate of drug-likeness (QED) is 0.532. The average molecular weight is 396 g/mol. The predicted octanol–water partition coefficient (Wildman–Crippen LogP) is 5.01. The van der Waals surface area contributed by atoms with E-state index < -0.39 is 17.6 Å². The lowest BCUT2D eigenvalue weighted by atomic mass is 10.1. The molecule has 144 valence electrons. The molecule has 0 radical (unpaired) electrons. The second-order valence-corrected chi connectivity index (χ2v) is 6.09. The van der Waals surface area contributed by atoms with Gasteiger partial charge in [-0.25, -0.2) is 0 Å². The first-order valence-corrected chi connectivity index (χ1v) is 8.73. The average Bonchev–Trinajstić information content (AvgIpc) is 2.62. The molecule has 0 heterocycles. The summed E-state index contributed by atoms with van der Waals surface area (Å²) in [6, 6.07) is 11.3. The number of amides is 1. The largest absolute Gasteiger partial charge is 0.494 e. The molecule has 0 fully saturated rings. The summed E-state index contributed by atoms with van der Waals surface area (Å²) in [4.78, 5) is 12.2. The van der Waals surface area contributed by atoms with Gasteiger partial charge in [-0.2, -0.15) is 13.2 Å². The van der Waals surface area contributed by atoms with Crippen LogP contribution in [0.25, 0.3) is 0 Å². The van der Waals surface area contributed by atoms with Crippen LogP contribution in [0.2, 0.25) is 0 Å². The Morgan fingerprint density at radius 2 is 1.78 bits per heavy atom. The summed E-state index contributed by atoms with van der Waals surface area (Å²) in [6.07, 6.45) is -2.58. The zero-order chi connectivity index (χ0) is 19.9. The van der Waals surface area contributed by atoms with Gasteiger partial charge in [0.15, 0.2) is 5.11 Å². The molecule has 0 aliphatic carbocycles. The van der Waals surface area contributed by atoms with E-state index in [2.05, 4.69) is 17.6 Å². The van der Waals surface area contributed by atoms with Gasteiger partial charge >= 0.3 is 6.18 Å². The van der Waals surface area contributed by atoms with Crippen molar-refractivity contribution in [3.8, 4) is 5.75 Å². The Kier molecular flexibility index (Phi) is 7.18. The van der Waals surface area contributed by atoms with Crippen molar-refractivity contribution in [1.82, 2.24) is 5.32 Å². The molecular weight excluding hydrogens is 377 g/mol. The fourth-order valence-electron chi connectivity index (χ4n) is 2.21. The Balaban J connectivity index is 1.97. The van der Waals surface area contributed by atoms with Crippen molar-refractivity contribution in [2.45, 2.75) is 25.9 Å². The molecule has 0 spiro atoms. The smallest absolute Gasteiger partial charge is 0.418 e. The number of para-hydroxylation sites is 1. The highest BCUT2D eigenvalue weighted by molar-refractivity contribution is 7.80. The third kappa shape index (κ3) is 6.25. The fraction of sp³-hybridized carbons (Fsp3) is 0.263. The summed E-state index contributed by atoms with van der Waals surface area (Å²) >= 11 is 4.96. The van der Waals surface area contributed by atoms with Gasteiger partial charge in [0.2, 0.25) is 0 Å². The van der Waals surface area contributed by atoms with Crippen molar-refractivity contribution < 1.29 is 22.7 Å². The van der Waals surface area contributed by atoms with Crippen LogP contribution in [0.15, 0.2) is 48.5 Å². The van der Waals surface area contributed by atoms with Crippen molar-refractivity contribution in [3.05, 3.63) is 59.7 Å². The summed E-state index contributed by atoms with van der Waals surface area (Å²) in [5.41, 5.74) is -0.781. The van der Waals surface area contributed by atoms with Crippen LogP contribution in [0.4, 0.5) is 18.9 Å². The first-order valence-electron chi connectivity index (χ1n) is 8.32. The number of nitrogens with one attached hydrogen (secondary N) is 2. The number of anilines is 1. The van der Waals surface area contributed by atoms with Gasteiger partial charge in [-0.3, -0.25) is 10.1 Å². The number of rotatable bonds is 6. The maximum Gasteiger partial charge on any atom is 0.418 e. The summed E-state index contributed by atoms with van der Waals surface area (Å²) in [6.45, 7) is 2.65. The number of hydrogen-bond acceptors (Lipinski definition) is 3. The molecule has 4 nitrogen and oxygen atoms in total. The highest BCUT2D eigenvalue weighted by atomic mass is 32.1. The number of hydrogen-bond donors (Lipinski definition) is 2. The molecule has 0 aliphatic rings. The Labute approximate surface area is 160 Å². The van der Waals surface area contributed by atoms with Gasteiger partial charge < -0.3 is 10.1 Å².